The number of nitrogens with zero attached hydrogens (tertiary/aromatic N) is 2. The van der Waals surface area contributed by atoms with E-state index in [1.54, 1.807) is 12.1 Å². The quantitative estimate of drug-likeness (QED) is 0.808. The monoisotopic (exact) mass is 296 g/mol. The molecule has 1 aromatic heterocycles. The predicted molar refractivity (Wildman–Crippen MR) is 72.2 cm³/mol. The summed E-state index contributed by atoms with van der Waals surface area (Å²) in [6, 6.07) is 6.55. The molecule has 0 aliphatic carbocycles. The number of nitrogens with one attached hydrogen (secondary N) is 1. The normalized spacial score (nSPS) is 13.3. The number of hydrogen-bond acceptors (Lipinski definition) is 6. The van der Waals surface area contributed by atoms with Gasteiger partial charge in [0.15, 0.2) is 6.33 Å². The lowest BCUT2D eigenvalue weighted by Gasteiger charge is -2.14. The molecule has 0 aliphatic rings. The maximum Gasteiger partial charge on any atom is 0.238 e. The fourth-order valence-corrected chi connectivity index (χ4v) is 2.35. The molecule has 2 rings (SSSR count). The Morgan fingerprint density at radius 1 is 1.45 bits per heavy atom. The van der Waals surface area contributed by atoms with Gasteiger partial charge in [0, 0.05) is 19.0 Å². The van der Waals surface area contributed by atoms with Crippen LogP contribution in [0.1, 0.15) is 24.4 Å². The van der Waals surface area contributed by atoms with Gasteiger partial charge in [-0.3, -0.25) is 0 Å². The molecular weight excluding hydrogens is 280 g/mol. The highest BCUT2D eigenvalue weighted by Gasteiger charge is 2.11. The molecule has 0 aliphatic heterocycles. The summed E-state index contributed by atoms with van der Waals surface area (Å²) in [5.41, 5.74) is 0.849. The zero-order valence-electron chi connectivity index (χ0n) is 11.0. The maximum absolute atomic E-state index is 11.3. The second-order valence-corrected chi connectivity index (χ2v) is 5.94. The van der Waals surface area contributed by atoms with Crippen molar-refractivity contribution in [2.45, 2.75) is 24.3 Å². The van der Waals surface area contributed by atoms with Crippen LogP contribution < -0.4 is 10.5 Å². The topological polar surface area (TPSA) is 111 Å². The number of hydrogen-bond donors (Lipinski definition) is 2. The fourth-order valence-electron chi connectivity index (χ4n) is 1.78. The Kier molecular flexibility index (Phi) is 4.48. The Hall–Kier alpha value is -1.77. The highest BCUT2D eigenvalue weighted by Crippen LogP contribution is 2.16. The molecule has 0 radical (unpaired) electrons. The van der Waals surface area contributed by atoms with Crippen LogP contribution in [0.2, 0.25) is 0 Å². The minimum atomic E-state index is -3.68. The SMILES string of the molecule is CC(NCCc1ncno1)c1cccc(S(N)(=O)=O)c1. The second-order valence-electron chi connectivity index (χ2n) is 4.38. The van der Waals surface area contributed by atoms with E-state index in [0.717, 1.165) is 5.56 Å². The Morgan fingerprint density at radius 2 is 2.25 bits per heavy atom. The summed E-state index contributed by atoms with van der Waals surface area (Å²) < 4.78 is 27.5. The molecule has 8 heteroatoms. The number of rotatable bonds is 6. The van der Waals surface area contributed by atoms with E-state index in [0.29, 0.717) is 18.9 Å². The summed E-state index contributed by atoms with van der Waals surface area (Å²) >= 11 is 0. The van der Waals surface area contributed by atoms with Crippen molar-refractivity contribution in [1.82, 2.24) is 15.5 Å². The Balaban J connectivity index is 1.97. The number of primary sulfonamides is 1. The van der Waals surface area contributed by atoms with Crippen molar-refractivity contribution in [2.24, 2.45) is 5.14 Å². The maximum atomic E-state index is 11.3. The summed E-state index contributed by atoms with van der Waals surface area (Å²) in [5.74, 6) is 0.558. The van der Waals surface area contributed by atoms with Gasteiger partial charge >= 0.3 is 0 Å². The van der Waals surface area contributed by atoms with E-state index in [-0.39, 0.29) is 10.9 Å². The van der Waals surface area contributed by atoms with Crippen LogP contribution in [0.3, 0.4) is 0 Å². The lowest BCUT2D eigenvalue weighted by molar-refractivity contribution is 0.372. The van der Waals surface area contributed by atoms with Gasteiger partial charge in [-0.15, -0.1) is 0 Å². The third-order valence-electron chi connectivity index (χ3n) is 2.88. The average molecular weight is 296 g/mol. The first-order chi connectivity index (χ1) is 9.47. The standard InChI is InChI=1S/C12H16N4O3S/c1-9(14-6-5-12-15-8-16-19-12)10-3-2-4-11(7-10)20(13,17)18/h2-4,7-9,14H,5-6H2,1H3,(H2,13,17,18). The van der Waals surface area contributed by atoms with Gasteiger partial charge in [-0.05, 0) is 24.6 Å². The van der Waals surface area contributed by atoms with Gasteiger partial charge in [-0.25, -0.2) is 13.6 Å². The molecule has 2 aromatic rings. The molecule has 0 saturated carbocycles. The molecule has 20 heavy (non-hydrogen) atoms. The van der Waals surface area contributed by atoms with Crippen molar-refractivity contribution in [3.8, 4) is 0 Å². The van der Waals surface area contributed by atoms with Crippen LogP contribution in [-0.4, -0.2) is 25.1 Å². The predicted octanol–water partition coefficient (Wildman–Crippen LogP) is 0.610. The first-order valence-corrected chi connectivity index (χ1v) is 7.63. The van der Waals surface area contributed by atoms with Crippen LogP contribution in [0.25, 0.3) is 0 Å². The molecule has 1 atom stereocenters. The van der Waals surface area contributed by atoms with Crippen LogP contribution in [0, 0.1) is 0 Å². The molecule has 108 valence electrons. The van der Waals surface area contributed by atoms with Crippen molar-refractivity contribution in [1.29, 1.82) is 0 Å². The number of sulfonamides is 1. The van der Waals surface area contributed by atoms with E-state index in [1.807, 2.05) is 13.0 Å². The van der Waals surface area contributed by atoms with E-state index in [2.05, 4.69) is 15.5 Å². The van der Waals surface area contributed by atoms with Gasteiger partial charge in [0.1, 0.15) is 0 Å². The van der Waals surface area contributed by atoms with E-state index in [1.165, 1.54) is 12.4 Å². The van der Waals surface area contributed by atoms with E-state index >= 15 is 0 Å². The van der Waals surface area contributed by atoms with Gasteiger partial charge in [-0.1, -0.05) is 17.3 Å². The van der Waals surface area contributed by atoms with Crippen LogP contribution in [0.5, 0.6) is 0 Å². The van der Waals surface area contributed by atoms with Crippen molar-refractivity contribution in [2.75, 3.05) is 6.54 Å². The second kappa shape index (κ2) is 6.12. The molecular formula is C12H16N4O3S. The average Bonchev–Trinajstić information content (AvgIpc) is 2.91. The molecule has 3 N–H and O–H groups in total. The molecule has 0 fully saturated rings. The number of aromatic nitrogens is 2. The molecule has 7 nitrogen and oxygen atoms in total. The van der Waals surface area contributed by atoms with Crippen molar-refractivity contribution in [3.05, 3.63) is 42.0 Å². The Labute approximate surface area is 117 Å². The number of nitrogens with two attached hydrogens (primary N) is 1. The zero-order chi connectivity index (χ0) is 14.6. The van der Waals surface area contributed by atoms with Gasteiger partial charge in [0.2, 0.25) is 15.9 Å². The highest BCUT2D eigenvalue weighted by molar-refractivity contribution is 7.89. The molecule has 1 unspecified atom stereocenters. The van der Waals surface area contributed by atoms with Crippen LogP contribution in [0.15, 0.2) is 40.0 Å². The van der Waals surface area contributed by atoms with Crippen molar-refractivity contribution >= 4 is 10.0 Å². The van der Waals surface area contributed by atoms with Crippen LogP contribution in [-0.2, 0) is 16.4 Å². The molecule has 1 aromatic carbocycles. The zero-order valence-corrected chi connectivity index (χ0v) is 11.8. The summed E-state index contributed by atoms with van der Waals surface area (Å²) in [5, 5.41) is 11.9. The lowest BCUT2D eigenvalue weighted by Crippen LogP contribution is -2.22. The molecule has 0 bridgehead atoms. The third kappa shape index (κ3) is 3.86. The van der Waals surface area contributed by atoms with Crippen molar-refractivity contribution < 1.29 is 12.9 Å². The first kappa shape index (κ1) is 14.6. The Bertz CT molecular complexity index is 655. The van der Waals surface area contributed by atoms with E-state index in [4.69, 9.17) is 9.66 Å². The molecule has 0 amide bonds. The highest BCUT2D eigenvalue weighted by atomic mass is 32.2. The van der Waals surface area contributed by atoms with Gasteiger partial charge < -0.3 is 9.84 Å². The first-order valence-electron chi connectivity index (χ1n) is 6.08. The minimum Gasteiger partial charge on any atom is -0.340 e. The summed E-state index contributed by atoms with van der Waals surface area (Å²) in [6.45, 7) is 2.58. The summed E-state index contributed by atoms with van der Waals surface area (Å²) in [4.78, 5) is 4.03. The van der Waals surface area contributed by atoms with Crippen LogP contribution in [0.4, 0.5) is 0 Å². The molecule has 0 spiro atoms. The summed E-state index contributed by atoms with van der Waals surface area (Å²) in [7, 11) is -3.68. The van der Waals surface area contributed by atoms with E-state index < -0.39 is 10.0 Å². The van der Waals surface area contributed by atoms with Gasteiger partial charge in [0.25, 0.3) is 0 Å². The van der Waals surface area contributed by atoms with Crippen LogP contribution >= 0.6 is 0 Å². The van der Waals surface area contributed by atoms with E-state index in [9.17, 15) is 8.42 Å². The lowest BCUT2D eigenvalue weighted by atomic mass is 10.1. The minimum absolute atomic E-state index is 0.0142. The Morgan fingerprint density at radius 3 is 2.90 bits per heavy atom. The largest absolute Gasteiger partial charge is 0.340 e. The smallest absolute Gasteiger partial charge is 0.238 e. The number of benzene rings is 1. The van der Waals surface area contributed by atoms with Gasteiger partial charge in [0.05, 0.1) is 4.90 Å². The fraction of sp³-hybridized carbons (Fsp3) is 0.333. The molecule has 1 heterocycles. The van der Waals surface area contributed by atoms with Crippen molar-refractivity contribution in [3.63, 3.8) is 0 Å². The van der Waals surface area contributed by atoms with Gasteiger partial charge in [-0.2, -0.15) is 4.98 Å². The third-order valence-corrected chi connectivity index (χ3v) is 3.79. The molecule has 0 saturated heterocycles. The summed E-state index contributed by atoms with van der Waals surface area (Å²) in [6.07, 6.45) is 1.97.